The van der Waals surface area contributed by atoms with Gasteiger partial charge in [-0.2, -0.15) is 0 Å². The van der Waals surface area contributed by atoms with Crippen LogP contribution in [0.1, 0.15) is 56.2 Å². The molecule has 2 heteroatoms. The first-order valence-corrected chi connectivity index (χ1v) is 6.26. The van der Waals surface area contributed by atoms with Gasteiger partial charge >= 0.3 is 0 Å². The summed E-state index contributed by atoms with van der Waals surface area (Å²) in [4.78, 5) is 15.9. The summed E-state index contributed by atoms with van der Waals surface area (Å²) in [6, 6.07) is 4.17. The molecule has 0 saturated heterocycles. The summed E-state index contributed by atoms with van der Waals surface area (Å²) >= 11 is 0. The molecule has 0 aromatic carbocycles. The molecular weight excluding hydrogens is 198 g/mol. The number of rotatable bonds is 5. The molecule has 0 saturated carbocycles. The Labute approximate surface area is 97.1 Å². The van der Waals surface area contributed by atoms with Crippen molar-refractivity contribution in [2.24, 2.45) is 0 Å². The van der Waals surface area contributed by atoms with Crippen LogP contribution < -0.4 is 0 Å². The summed E-state index contributed by atoms with van der Waals surface area (Å²) in [6.07, 6.45) is 7.60. The summed E-state index contributed by atoms with van der Waals surface area (Å²) in [5, 5.41) is 0. The number of carbonyl (C=O) groups excluding carboxylic acids is 1. The summed E-state index contributed by atoms with van der Waals surface area (Å²) in [5.41, 5.74) is 2.63. The molecule has 0 amide bonds. The number of nitrogens with zero attached hydrogens (tertiary/aromatic N) is 1. The third kappa shape index (κ3) is 2.49. The molecule has 16 heavy (non-hydrogen) atoms. The first kappa shape index (κ1) is 11.3. The smallest absolute Gasteiger partial charge is 0.132 e. The van der Waals surface area contributed by atoms with Gasteiger partial charge in [0.25, 0.3) is 0 Å². The van der Waals surface area contributed by atoms with Crippen LogP contribution in [0.3, 0.4) is 0 Å². The van der Waals surface area contributed by atoms with Gasteiger partial charge in [-0.15, -0.1) is 0 Å². The predicted octanol–water partition coefficient (Wildman–Crippen LogP) is 3.26. The van der Waals surface area contributed by atoms with E-state index in [-0.39, 0.29) is 0 Å². The Bertz CT molecular complexity index is 373. The highest BCUT2D eigenvalue weighted by Crippen LogP contribution is 2.34. The van der Waals surface area contributed by atoms with Gasteiger partial charge in [-0.1, -0.05) is 13.0 Å². The molecule has 0 spiro atoms. The fourth-order valence-corrected chi connectivity index (χ4v) is 2.52. The van der Waals surface area contributed by atoms with Crippen molar-refractivity contribution in [2.45, 2.75) is 51.4 Å². The maximum atomic E-state index is 11.5. The Morgan fingerprint density at radius 1 is 1.50 bits per heavy atom. The monoisotopic (exact) mass is 217 g/mol. The van der Waals surface area contributed by atoms with E-state index in [2.05, 4.69) is 18.0 Å². The quantitative estimate of drug-likeness (QED) is 0.757. The average molecular weight is 217 g/mol. The van der Waals surface area contributed by atoms with Crippen LogP contribution in [0.4, 0.5) is 0 Å². The molecule has 0 radical (unpaired) electrons. The second kappa shape index (κ2) is 5.24. The number of hydrogen-bond donors (Lipinski definition) is 0. The van der Waals surface area contributed by atoms with Crippen LogP contribution in [0.15, 0.2) is 18.3 Å². The van der Waals surface area contributed by atoms with Crippen molar-refractivity contribution in [3.8, 4) is 0 Å². The van der Waals surface area contributed by atoms with Crippen LogP contribution in [0.5, 0.6) is 0 Å². The summed E-state index contributed by atoms with van der Waals surface area (Å²) in [6.45, 7) is 2.06. The van der Waals surface area contributed by atoms with Crippen molar-refractivity contribution >= 4 is 5.78 Å². The van der Waals surface area contributed by atoms with Gasteiger partial charge in [-0.05, 0) is 37.3 Å². The molecule has 1 unspecified atom stereocenters. The van der Waals surface area contributed by atoms with E-state index < -0.39 is 0 Å². The molecule has 1 aliphatic carbocycles. The molecule has 0 bridgehead atoms. The van der Waals surface area contributed by atoms with E-state index in [4.69, 9.17) is 0 Å². The van der Waals surface area contributed by atoms with Gasteiger partial charge in [0.05, 0.1) is 0 Å². The highest BCUT2D eigenvalue weighted by atomic mass is 16.1. The molecule has 0 N–H and O–H groups in total. The number of hydrogen-bond acceptors (Lipinski definition) is 2. The highest BCUT2D eigenvalue weighted by Gasteiger charge is 2.23. The molecule has 1 aromatic heterocycles. The predicted molar refractivity (Wildman–Crippen MR) is 64.4 cm³/mol. The minimum atomic E-state index is 0.409. The summed E-state index contributed by atoms with van der Waals surface area (Å²) in [7, 11) is 0. The second-order valence-corrected chi connectivity index (χ2v) is 4.61. The number of Topliss-reactive ketones (excluding diaryl/α,β-unsaturated/α-hetero) is 1. The molecule has 86 valence electrons. The van der Waals surface area contributed by atoms with E-state index in [1.54, 1.807) is 0 Å². The average Bonchev–Trinajstić information content (AvgIpc) is 2.70. The lowest BCUT2D eigenvalue weighted by Crippen LogP contribution is -2.02. The minimum absolute atomic E-state index is 0.409. The van der Waals surface area contributed by atoms with Crippen LogP contribution in [0.25, 0.3) is 0 Å². The van der Waals surface area contributed by atoms with E-state index in [0.29, 0.717) is 11.7 Å². The number of pyridine rings is 1. The summed E-state index contributed by atoms with van der Waals surface area (Å²) in [5.74, 6) is 0.934. The molecule has 0 fully saturated rings. The number of fused-ring (bicyclic) bond motifs is 1. The van der Waals surface area contributed by atoms with Crippen LogP contribution in [0.2, 0.25) is 0 Å². The Morgan fingerprint density at radius 3 is 3.19 bits per heavy atom. The third-order valence-corrected chi connectivity index (χ3v) is 3.38. The standard InChI is InChI=1S/C14H19NO/c1-2-4-13(16)9-8-12-7-6-11-5-3-10-15-14(11)12/h3,5,10,12H,2,4,6-9H2,1H3. The molecule has 2 rings (SSSR count). The first-order chi connectivity index (χ1) is 7.81. The van der Waals surface area contributed by atoms with Crippen LogP contribution in [0, 0.1) is 0 Å². The van der Waals surface area contributed by atoms with Gasteiger partial charge in [0, 0.05) is 30.7 Å². The molecule has 0 aliphatic heterocycles. The van der Waals surface area contributed by atoms with Crippen LogP contribution >= 0.6 is 0 Å². The molecule has 1 heterocycles. The van der Waals surface area contributed by atoms with E-state index in [9.17, 15) is 4.79 Å². The maximum Gasteiger partial charge on any atom is 0.132 e. The SMILES string of the molecule is CCCC(=O)CCC1CCc2cccnc21. The van der Waals surface area contributed by atoms with E-state index >= 15 is 0 Å². The van der Waals surface area contributed by atoms with Crippen molar-refractivity contribution in [2.75, 3.05) is 0 Å². The molecule has 2 nitrogen and oxygen atoms in total. The molecule has 1 aliphatic rings. The van der Waals surface area contributed by atoms with Crippen molar-refractivity contribution < 1.29 is 4.79 Å². The van der Waals surface area contributed by atoms with Gasteiger partial charge in [-0.25, -0.2) is 0 Å². The Balaban J connectivity index is 1.91. The van der Waals surface area contributed by atoms with E-state index in [1.165, 1.54) is 17.7 Å². The van der Waals surface area contributed by atoms with Gasteiger partial charge in [0.2, 0.25) is 0 Å². The van der Waals surface area contributed by atoms with Crippen molar-refractivity contribution in [3.05, 3.63) is 29.6 Å². The lowest BCUT2D eigenvalue weighted by atomic mass is 9.98. The molecular formula is C14H19NO. The zero-order valence-electron chi connectivity index (χ0n) is 9.91. The van der Waals surface area contributed by atoms with Gasteiger partial charge in [-0.3, -0.25) is 9.78 Å². The number of ketones is 1. The van der Waals surface area contributed by atoms with Crippen molar-refractivity contribution in [1.82, 2.24) is 4.98 Å². The Kier molecular flexibility index (Phi) is 3.70. The largest absolute Gasteiger partial charge is 0.300 e. The first-order valence-electron chi connectivity index (χ1n) is 6.26. The van der Waals surface area contributed by atoms with Gasteiger partial charge in [0.1, 0.15) is 5.78 Å². The third-order valence-electron chi connectivity index (χ3n) is 3.38. The fourth-order valence-electron chi connectivity index (χ4n) is 2.52. The van der Waals surface area contributed by atoms with Crippen molar-refractivity contribution in [3.63, 3.8) is 0 Å². The van der Waals surface area contributed by atoms with Crippen LogP contribution in [-0.4, -0.2) is 10.8 Å². The topological polar surface area (TPSA) is 30.0 Å². The number of aromatic nitrogens is 1. The molecule has 1 aromatic rings. The number of carbonyl (C=O) groups is 1. The fraction of sp³-hybridized carbons (Fsp3) is 0.571. The van der Waals surface area contributed by atoms with E-state index in [0.717, 1.165) is 32.1 Å². The minimum Gasteiger partial charge on any atom is -0.300 e. The van der Waals surface area contributed by atoms with Crippen LogP contribution in [-0.2, 0) is 11.2 Å². The normalized spacial score (nSPS) is 18.4. The zero-order chi connectivity index (χ0) is 11.4. The highest BCUT2D eigenvalue weighted by molar-refractivity contribution is 5.78. The Hall–Kier alpha value is -1.18. The van der Waals surface area contributed by atoms with Gasteiger partial charge < -0.3 is 0 Å². The van der Waals surface area contributed by atoms with Crippen molar-refractivity contribution in [1.29, 1.82) is 0 Å². The zero-order valence-corrected chi connectivity index (χ0v) is 9.91. The van der Waals surface area contributed by atoms with Gasteiger partial charge in [0.15, 0.2) is 0 Å². The lowest BCUT2D eigenvalue weighted by Gasteiger charge is -2.09. The van der Waals surface area contributed by atoms with E-state index in [1.807, 2.05) is 12.3 Å². The maximum absolute atomic E-state index is 11.5. The number of aryl methyl sites for hydroxylation is 1. The lowest BCUT2D eigenvalue weighted by molar-refractivity contribution is -0.119. The second-order valence-electron chi connectivity index (χ2n) is 4.61. The Morgan fingerprint density at radius 2 is 2.38 bits per heavy atom. The summed E-state index contributed by atoms with van der Waals surface area (Å²) < 4.78 is 0. The molecule has 1 atom stereocenters.